The number of aromatic nitrogens is 1. The molecule has 11 heteroatoms. The quantitative estimate of drug-likeness (QED) is 0.299. The molecule has 2 aliphatic rings. The van der Waals surface area contributed by atoms with Crippen LogP contribution in [-0.2, 0) is 32.0 Å². The average molecular weight is 495 g/mol. The Labute approximate surface area is 208 Å². The van der Waals surface area contributed by atoms with Gasteiger partial charge in [0.2, 0.25) is 23.6 Å². The number of nitrogens with one attached hydrogen (secondary N) is 3. The zero-order chi connectivity index (χ0) is 25.9. The number of nitrogens with two attached hydrogens (primary N) is 2. The van der Waals surface area contributed by atoms with Crippen LogP contribution in [0.25, 0.3) is 0 Å². The molecule has 0 saturated carbocycles. The van der Waals surface area contributed by atoms with E-state index in [1.54, 1.807) is 42.7 Å². The minimum Gasteiger partial charge on any atom is -0.496 e. The van der Waals surface area contributed by atoms with Crippen LogP contribution in [0.5, 0.6) is 5.75 Å². The molecule has 1 fully saturated rings. The van der Waals surface area contributed by atoms with Crippen LogP contribution in [0, 0.1) is 11.8 Å². The smallest absolute Gasteiger partial charge is 0.244 e. The molecular formula is C25H30N6O5. The molecule has 11 nitrogen and oxygen atoms in total. The summed E-state index contributed by atoms with van der Waals surface area (Å²) in [4.78, 5) is 55.3. The second-order valence-electron chi connectivity index (χ2n) is 9.22. The predicted molar refractivity (Wildman–Crippen MR) is 131 cm³/mol. The third-order valence-corrected chi connectivity index (χ3v) is 7.02. The molecule has 4 amide bonds. The maximum absolute atomic E-state index is 13.8. The molecule has 0 bridgehead atoms. The van der Waals surface area contributed by atoms with Crippen LogP contribution in [0.1, 0.15) is 24.0 Å². The first kappa shape index (κ1) is 25.0. The number of benzene rings is 1. The molecule has 3 heterocycles. The van der Waals surface area contributed by atoms with Gasteiger partial charge in [-0.05, 0) is 43.0 Å². The summed E-state index contributed by atoms with van der Waals surface area (Å²) in [6.45, 7) is 0.501. The molecule has 1 aromatic carbocycles. The number of pyridine rings is 1. The molecule has 4 atom stereocenters. The predicted octanol–water partition coefficient (Wildman–Crippen LogP) is -0.362. The van der Waals surface area contributed by atoms with Crippen molar-refractivity contribution < 1.29 is 23.9 Å². The van der Waals surface area contributed by atoms with Gasteiger partial charge in [-0.15, -0.1) is 0 Å². The monoisotopic (exact) mass is 494 g/mol. The van der Waals surface area contributed by atoms with E-state index in [1.165, 1.54) is 7.11 Å². The first-order chi connectivity index (χ1) is 17.2. The van der Waals surface area contributed by atoms with Gasteiger partial charge in [0.1, 0.15) is 17.3 Å². The van der Waals surface area contributed by atoms with E-state index in [0.29, 0.717) is 30.0 Å². The molecule has 4 rings (SSSR count). The third-order valence-electron chi connectivity index (χ3n) is 7.02. The molecule has 2 aromatic rings. The van der Waals surface area contributed by atoms with Gasteiger partial charge in [0, 0.05) is 42.5 Å². The van der Waals surface area contributed by atoms with Crippen molar-refractivity contribution in [2.45, 2.75) is 37.3 Å². The number of methoxy groups -OCH3 is 1. The van der Waals surface area contributed by atoms with Crippen LogP contribution in [0.15, 0.2) is 42.7 Å². The number of rotatable bonds is 10. The molecule has 7 N–H and O–H groups in total. The number of carbonyl (C=O) groups is 4. The van der Waals surface area contributed by atoms with Gasteiger partial charge in [0.05, 0.1) is 13.0 Å². The van der Waals surface area contributed by atoms with Gasteiger partial charge in [-0.25, -0.2) is 0 Å². The Morgan fingerprint density at radius 3 is 2.67 bits per heavy atom. The highest BCUT2D eigenvalue weighted by atomic mass is 16.5. The Kier molecular flexibility index (Phi) is 7.09. The van der Waals surface area contributed by atoms with E-state index in [4.69, 9.17) is 16.2 Å². The fourth-order valence-corrected chi connectivity index (χ4v) is 5.07. The normalized spacial score (nSPS) is 22.0. The van der Waals surface area contributed by atoms with Crippen molar-refractivity contribution >= 4 is 29.3 Å². The molecule has 0 spiro atoms. The lowest BCUT2D eigenvalue weighted by molar-refractivity contribution is -0.136. The zero-order valence-corrected chi connectivity index (χ0v) is 20.0. The molecular weight excluding hydrogens is 464 g/mol. The Bertz CT molecular complexity index is 1170. The Morgan fingerprint density at radius 2 is 2.06 bits per heavy atom. The van der Waals surface area contributed by atoms with E-state index >= 15 is 0 Å². The number of hydrogen-bond donors (Lipinski definition) is 5. The molecule has 0 aliphatic carbocycles. The number of amides is 4. The minimum absolute atomic E-state index is 0.0670. The largest absolute Gasteiger partial charge is 0.496 e. The van der Waals surface area contributed by atoms with Crippen LogP contribution in [0.2, 0.25) is 0 Å². The van der Waals surface area contributed by atoms with Crippen molar-refractivity contribution in [3.05, 3.63) is 53.9 Å². The number of primary amides is 2. The second-order valence-corrected chi connectivity index (χ2v) is 9.22. The van der Waals surface area contributed by atoms with Gasteiger partial charge in [-0.2, -0.15) is 0 Å². The Hall–Kier alpha value is -4.15. The summed E-state index contributed by atoms with van der Waals surface area (Å²) in [5, 5.41) is 8.61. The van der Waals surface area contributed by atoms with E-state index in [1.807, 2.05) is 0 Å². The van der Waals surface area contributed by atoms with Crippen molar-refractivity contribution in [2.75, 3.05) is 19.0 Å². The minimum atomic E-state index is -1.51. The molecule has 1 saturated heterocycles. The van der Waals surface area contributed by atoms with E-state index in [2.05, 4.69) is 20.9 Å². The lowest BCUT2D eigenvalue weighted by atomic mass is 9.76. The highest BCUT2D eigenvalue weighted by Gasteiger charge is 2.52. The van der Waals surface area contributed by atoms with Crippen molar-refractivity contribution in [1.82, 2.24) is 15.6 Å². The summed E-state index contributed by atoms with van der Waals surface area (Å²) >= 11 is 0. The van der Waals surface area contributed by atoms with E-state index in [-0.39, 0.29) is 25.2 Å². The van der Waals surface area contributed by atoms with E-state index in [9.17, 15) is 19.2 Å². The summed E-state index contributed by atoms with van der Waals surface area (Å²) in [5.74, 6) is -3.17. The number of fused-ring (bicyclic) bond motifs is 1. The van der Waals surface area contributed by atoms with Gasteiger partial charge < -0.3 is 32.2 Å². The number of hydrogen-bond acceptors (Lipinski definition) is 7. The lowest BCUT2D eigenvalue weighted by Gasteiger charge is -2.35. The standard InChI is InChI=1S/C25H30N6O5/c1-36-20-6-2-5-18-16(20)12-25(31-18,24(27)35)17(10-14-4-3-8-28-13-14)23(34)30-19(21(26)32)11-15-7-9-29-22(15)33/h2-6,8,13,15,17,19,31H,7,9-12H2,1H3,(H2,26,32)(H2,27,35)(H,29,33)(H,30,34)/t15-,17?,19-,25-/m0/s1. The van der Waals surface area contributed by atoms with Crippen molar-refractivity contribution in [2.24, 2.45) is 23.3 Å². The summed E-state index contributed by atoms with van der Waals surface area (Å²) in [7, 11) is 1.52. The summed E-state index contributed by atoms with van der Waals surface area (Å²) in [6, 6.07) is 7.75. The van der Waals surface area contributed by atoms with Crippen molar-refractivity contribution in [3.8, 4) is 5.75 Å². The van der Waals surface area contributed by atoms with Gasteiger partial charge in [-0.1, -0.05) is 12.1 Å². The van der Waals surface area contributed by atoms with Gasteiger partial charge in [-0.3, -0.25) is 24.2 Å². The zero-order valence-electron chi connectivity index (χ0n) is 20.0. The topological polar surface area (TPSA) is 179 Å². The Morgan fingerprint density at radius 1 is 1.25 bits per heavy atom. The highest BCUT2D eigenvalue weighted by molar-refractivity contribution is 5.99. The van der Waals surface area contributed by atoms with E-state index < -0.39 is 41.1 Å². The molecule has 2 aliphatic heterocycles. The molecule has 0 radical (unpaired) electrons. The maximum atomic E-state index is 13.8. The fourth-order valence-electron chi connectivity index (χ4n) is 5.07. The van der Waals surface area contributed by atoms with Crippen LogP contribution < -0.4 is 32.2 Å². The molecule has 1 aromatic heterocycles. The van der Waals surface area contributed by atoms with Crippen LogP contribution >= 0.6 is 0 Å². The van der Waals surface area contributed by atoms with Crippen molar-refractivity contribution in [3.63, 3.8) is 0 Å². The van der Waals surface area contributed by atoms with E-state index in [0.717, 1.165) is 5.56 Å². The summed E-state index contributed by atoms with van der Waals surface area (Å²) in [6.07, 6.45) is 4.03. The Balaban J connectivity index is 1.68. The third kappa shape index (κ3) is 4.81. The average Bonchev–Trinajstić information content (AvgIpc) is 3.46. The number of ether oxygens (including phenoxy) is 1. The maximum Gasteiger partial charge on any atom is 0.244 e. The molecule has 190 valence electrons. The van der Waals surface area contributed by atoms with Gasteiger partial charge >= 0.3 is 0 Å². The number of carbonyl (C=O) groups excluding carboxylic acids is 4. The first-order valence-corrected chi connectivity index (χ1v) is 11.8. The first-order valence-electron chi connectivity index (χ1n) is 11.8. The molecule has 36 heavy (non-hydrogen) atoms. The lowest BCUT2D eigenvalue weighted by Crippen LogP contribution is -2.61. The number of anilines is 1. The van der Waals surface area contributed by atoms with Crippen LogP contribution in [0.4, 0.5) is 5.69 Å². The second kappa shape index (κ2) is 10.2. The summed E-state index contributed by atoms with van der Waals surface area (Å²) < 4.78 is 5.47. The van der Waals surface area contributed by atoms with Crippen molar-refractivity contribution in [1.29, 1.82) is 0 Å². The SMILES string of the molecule is COc1cccc2c1C[C@@](C(N)=O)(C(Cc1cccnc1)C(=O)N[C@@H](C[C@@H]1CCNC1=O)C(N)=O)N2. The van der Waals surface area contributed by atoms with Gasteiger partial charge in [0.15, 0.2) is 0 Å². The number of nitrogens with zero attached hydrogens (tertiary/aromatic N) is 1. The van der Waals surface area contributed by atoms with Crippen LogP contribution in [0.3, 0.4) is 0 Å². The fraction of sp³-hybridized carbons (Fsp3) is 0.400. The highest BCUT2D eigenvalue weighted by Crippen LogP contribution is 2.42. The summed E-state index contributed by atoms with van der Waals surface area (Å²) in [5.41, 5.74) is 12.1. The molecule has 1 unspecified atom stereocenters. The van der Waals surface area contributed by atoms with Crippen LogP contribution in [-0.4, -0.2) is 53.8 Å². The van der Waals surface area contributed by atoms with Gasteiger partial charge in [0.25, 0.3) is 0 Å².